The molecule has 1 aliphatic heterocycles. The van der Waals surface area contributed by atoms with Gasteiger partial charge in [-0.3, -0.25) is 4.79 Å². The van der Waals surface area contributed by atoms with Crippen molar-refractivity contribution in [2.75, 3.05) is 11.9 Å². The number of likely N-dealkylation sites (N-methyl/N-ethyl adjacent to an activating group) is 1. The summed E-state index contributed by atoms with van der Waals surface area (Å²) in [5.41, 5.74) is 5.77. The van der Waals surface area contributed by atoms with E-state index < -0.39 is 0 Å². The van der Waals surface area contributed by atoms with Crippen molar-refractivity contribution in [3.63, 3.8) is 0 Å². The van der Waals surface area contributed by atoms with Crippen LogP contribution in [0.1, 0.15) is 11.1 Å². The summed E-state index contributed by atoms with van der Waals surface area (Å²) in [6.07, 6.45) is 0.528. The summed E-state index contributed by atoms with van der Waals surface area (Å²) in [6, 6.07) is 14.7. The number of hydrogen-bond donors (Lipinski definition) is 0. The number of benzene rings is 2. The van der Waals surface area contributed by atoms with E-state index in [0.717, 1.165) is 16.8 Å². The lowest BCUT2D eigenvalue weighted by Crippen LogP contribution is -2.20. The van der Waals surface area contributed by atoms with Crippen LogP contribution in [0.2, 0.25) is 0 Å². The molecule has 18 heavy (non-hydrogen) atoms. The number of nitrogens with zero attached hydrogens (tertiary/aromatic N) is 1. The van der Waals surface area contributed by atoms with Gasteiger partial charge in [-0.05, 0) is 29.7 Å². The van der Waals surface area contributed by atoms with E-state index in [0.29, 0.717) is 6.42 Å². The molecule has 2 heteroatoms. The molecule has 0 saturated carbocycles. The summed E-state index contributed by atoms with van der Waals surface area (Å²) in [4.78, 5) is 13.4. The molecule has 0 fully saturated rings. The highest BCUT2D eigenvalue weighted by Gasteiger charge is 2.23. The molecule has 0 radical (unpaired) electrons. The normalized spacial score (nSPS) is 13.9. The van der Waals surface area contributed by atoms with E-state index in [1.54, 1.807) is 4.90 Å². The first kappa shape index (κ1) is 11.0. The molecule has 1 heterocycles. The lowest BCUT2D eigenvalue weighted by Gasteiger charge is -2.11. The van der Waals surface area contributed by atoms with Crippen molar-refractivity contribution in [3.8, 4) is 11.1 Å². The average molecular weight is 237 g/mol. The Morgan fingerprint density at radius 3 is 2.39 bits per heavy atom. The molecule has 0 aromatic heterocycles. The fraction of sp³-hybridized carbons (Fsp3) is 0.188. The van der Waals surface area contributed by atoms with E-state index >= 15 is 0 Å². The van der Waals surface area contributed by atoms with Crippen LogP contribution in [0.3, 0.4) is 0 Å². The van der Waals surface area contributed by atoms with Crippen molar-refractivity contribution in [2.45, 2.75) is 13.3 Å². The molecule has 0 atom stereocenters. The zero-order valence-electron chi connectivity index (χ0n) is 10.6. The van der Waals surface area contributed by atoms with Crippen LogP contribution in [0.5, 0.6) is 0 Å². The van der Waals surface area contributed by atoms with Gasteiger partial charge in [-0.25, -0.2) is 0 Å². The molecule has 3 rings (SSSR count). The van der Waals surface area contributed by atoms with Gasteiger partial charge in [0.15, 0.2) is 0 Å². The molecular weight excluding hydrogens is 222 g/mol. The smallest absolute Gasteiger partial charge is 0.231 e. The lowest BCUT2D eigenvalue weighted by atomic mass is 10.0. The van der Waals surface area contributed by atoms with Gasteiger partial charge in [0.1, 0.15) is 0 Å². The number of anilines is 1. The second kappa shape index (κ2) is 3.98. The molecule has 0 bridgehead atoms. The van der Waals surface area contributed by atoms with Crippen LogP contribution >= 0.6 is 0 Å². The third-order valence-electron chi connectivity index (χ3n) is 3.55. The third-order valence-corrected chi connectivity index (χ3v) is 3.55. The number of fused-ring (bicyclic) bond motifs is 1. The molecular formula is C16H15NO. The Hall–Kier alpha value is -2.09. The first-order valence-corrected chi connectivity index (χ1v) is 6.12. The Morgan fingerprint density at radius 1 is 1.00 bits per heavy atom. The van der Waals surface area contributed by atoms with Gasteiger partial charge in [-0.1, -0.05) is 42.0 Å². The highest BCUT2D eigenvalue weighted by Crippen LogP contribution is 2.32. The van der Waals surface area contributed by atoms with Crippen molar-refractivity contribution < 1.29 is 4.79 Å². The molecule has 2 nitrogen and oxygen atoms in total. The summed E-state index contributed by atoms with van der Waals surface area (Å²) >= 11 is 0. The van der Waals surface area contributed by atoms with Gasteiger partial charge in [0.05, 0.1) is 6.42 Å². The van der Waals surface area contributed by atoms with Gasteiger partial charge in [-0.15, -0.1) is 0 Å². The van der Waals surface area contributed by atoms with Gasteiger partial charge in [0, 0.05) is 12.7 Å². The van der Waals surface area contributed by atoms with E-state index in [-0.39, 0.29) is 5.91 Å². The minimum absolute atomic E-state index is 0.172. The number of carbonyl (C=O) groups is 1. The molecule has 0 unspecified atom stereocenters. The fourth-order valence-electron chi connectivity index (χ4n) is 2.37. The Kier molecular flexibility index (Phi) is 2.44. The maximum atomic E-state index is 11.6. The number of aryl methyl sites for hydroxylation is 1. The van der Waals surface area contributed by atoms with Crippen molar-refractivity contribution in [1.29, 1.82) is 0 Å². The van der Waals surface area contributed by atoms with Crippen LogP contribution < -0.4 is 4.90 Å². The molecule has 1 amide bonds. The van der Waals surface area contributed by atoms with Crippen molar-refractivity contribution in [1.82, 2.24) is 0 Å². The maximum Gasteiger partial charge on any atom is 0.231 e. The Bertz CT molecular complexity index is 613. The lowest BCUT2D eigenvalue weighted by molar-refractivity contribution is -0.117. The van der Waals surface area contributed by atoms with Crippen molar-refractivity contribution in [2.24, 2.45) is 0 Å². The predicted octanol–water partition coefficient (Wildman–Crippen LogP) is 3.18. The second-order valence-corrected chi connectivity index (χ2v) is 4.84. The Balaban J connectivity index is 2.06. The fourth-order valence-corrected chi connectivity index (χ4v) is 2.37. The topological polar surface area (TPSA) is 20.3 Å². The van der Waals surface area contributed by atoms with Gasteiger partial charge in [0.25, 0.3) is 0 Å². The molecule has 90 valence electrons. The zero-order chi connectivity index (χ0) is 12.7. The molecule has 2 aromatic rings. The maximum absolute atomic E-state index is 11.6. The Morgan fingerprint density at radius 2 is 1.67 bits per heavy atom. The highest BCUT2D eigenvalue weighted by atomic mass is 16.2. The van der Waals surface area contributed by atoms with Gasteiger partial charge in [-0.2, -0.15) is 0 Å². The number of carbonyl (C=O) groups excluding carboxylic acids is 1. The molecule has 0 aliphatic carbocycles. The minimum atomic E-state index is 0.172. The van der Waals surface area contributed by atoms with Crippen molar-refractivity contribution in [3.05, 3.63) is 53.6 Å². The van der Waals surface area contributed by atoms with Crippen LogP contribution in [0.25, 0.3) is 11.1 Å². The van der Waals surface area contributed by atoms with Crippen molar-refractivity contribution >= 4 is 11.6 Å². The van der Waals surface area contributed by atoms with E-state index in [1.807, 2.05) is 7.05 Å². The summed E-state index contributed by atoms with van der Waals surface area (Å²) in [5.74, 6) is 0.172. The van der Waals surface area contributed by atoms with Crippen LogP contribution in [-0.4, -0.2) is 13.0 Å². The predicted molar refractivity (Wildman–Crippen MR) is 73.7 cm³/mol. The third kappa shape index (κ3) is 1.70. The highest BCUT2D eigenvalue weighted by molar-refractivity contribution is 6.01. The van der Waals surface area contributed by atoms with E-state index in [1.165, 1.54) is 11.1 Å². The number of rotatable bonds is 1. The van der Waals surface area contributed by atoms with Crippen LogP contribution in [0, 0.1) is 6.92 Å². The molecule has 0 N–H and O–H groups in total. The van der Waals surface area contributed by atoms with Gasteiger partial charge < -0.3 is 4.90 Å². The van der Waals surface area contributed by atoms with E-state index in [4.69, 9.17) is 0 Å². The first-order valence-electron chi connectivity index (χ1n) is 6.12. The molecule has 0 spiro atoms. The molecule has 2 aromatic carbocycles. The number of amides is 1. The summed E-state index contributed by atoms with van der Waals surface area (Å²) in [5, 5.41) is 0. The van der Waals surface area contributed by atoms with Gasteiger partial charge >= 0.3 is 0 Å². The summed E-state index contributed by atoms with van der Waals surface area (Å²) < 4.78 is 0. The minimum Gasteiger partial charge on any atom is -0.315 e. The van der Waals surface area contributed by atoms with E-state index in [2.05, 4.69) is 49.4 Å². The SMILES string of the molecule is Cc1ccc(-c2ccc3c(c2)N(C)C(=O)C3)cc1. The first-order chi connectivity index (χ1) is 8.65. The molecule has 1 aliphatic rings. The Labute approximate surface area is 107 Å². The number of hydrogen-bond acceptors (Lipinski definition) is 1. The average Bonchev–Trinajstić information content (AvgIpc) is 2.66. The summed E-state index contributed by atoms with van der Waals surface area (Å²) in [6.45, 7) is 2.08. The quantitative estimate of drug-likeness (QED) is 0.746. The van der Waals surface area contributed by atoms with E-state index in [9.17, 15) is 4.79 Å². The van der Waals surface area contributed by atoms with Crippen LogP contribution in [0.4, 0.5) is 5.69 Å². The zero-order valence-corrected chi connectivity index (χ0v) is 10.6. The van der Waals surface area contributed by atoms with Crippen LogP contribution in [-0.2, 0) is 11.2 Å². The largest absolute Gasteiger partial charge is 0.315 e. The van der Waals surface area contributed by atoms with Crippen LogP contribution in [0.15, 0.2) is 42.5 Å². The molecule has 0 saturated heterocycles. The second-order valence-electron chi connectivity index (χ2n) is 4.84. The standard InChI is InChI=1S/C16H15NO/c1-11-3-5-12(6-4-11)13-7-8-14-10-16(18)17(2)15(14)9-13/h3-9H,10H2,1-2H3. The summed E-state index contributed by atoms with van der Waals surface area (Å²) in [7, 11) is 1.84. The van der Waals surface area contributed by atoms with Gasteiger partial charge in [0.2, 0.25) is 5.91 Å². The monoisotopic (exact) mass is 237 g/mol.